The average molecular weight is 320 g/mol. The first-order valence-electron chi connectivity index (χ1n) is 8.27. The molecular weight excluding hydrogens is 300 g/mol. The zero-order chi connectivity index (χ0) is 16.6. The molecule has 0 amide bonds. The van der Waals surface area contributed by atoms with Crippen molar-refractivity contribution in [2.24, 2.45) is 0 Å². The Morgan fingerprint density at radius 2 is 1.62 bits per heavy atom. The SMILES string of the molecule is O=Cc1ccc(-c2noc(CCCCCc3ccccc3)n2)cc1. The van der Waals surface area contributed by atoms with E-state index in [2.05, 4.69) is 34.4 Å². The molecule has 0 aliphatic heterocycles. The first-order chi connectivity index (χ1) is 11.8. The van der Waals surface area contributed by atoms with Crippen molar-refractivity contribution in [3.05, 3.63) is 71.6 Å². The van der Waals surface area contributed by atoms with Gasteiger partial charge >= 0.3 is 0 Å². The van der Waals surface area contributed by atoms with Gasteiger partial charge in [0.15, 0.2) is 0 Å². The summed E-state index contributed by atoms with van der Waals surface area (Å²) in [6.45, 7) is 0. The van der Waals surface area contributed by atoms with Crippen LogP contribution in [0.15, 0.2) is 59.1 Å². The van der Waals surface area contributed by atoms with E-state index in [4.69, 9.17) is 4.52 Å². The van der Waals surface area contributed by atoms with Gasteiger partial charge in [-0.1, -0.05) is 66.2 Å². The van der Waals surface area contributed by atoms with Crippen LogP contribution in [0.1, 0.15) is 41.1 Å². The van der Waals surface area contributed by atoms with Crippen molar-refractivity contribution >= 4 is 6.29 Å². The number of hydrogen-bond acceptors (Lipinski definition) is 4. The minimum atomic E-state index is 0.576. The fourth-order valence-electron chi connectivity index (χ4n) is 2.61. The number of nitrogens with zero attached hydrogens (tertiary/aromatic N) is 2. The van der Waals surface area contributed by atoms with Gasteiger partial charge in [0.2, 0.25) is 11.7 Å². The van der Waals surface area contributed by atoms with Crippen LogP contribution in [0.4, 0.5) is 0 Å². The van der Waals surface area contributed by atoms with E-state index in [9.17, 15) is 4.79 Å². The summed E-state index contributed by atoms with van der Waals surface area (Å²) in [5.41, 5.74) is 2.89. The first-order valence-corrected chi connectivity index (χ1v) is 8.27. The molecule has 0 unspecified atom stereocenters. The lowest BCUT2D eigenvalue weighted by molar-refractivity contribution is 0.112. The molecule has 4 heteroatoms. The third kappa shape index (κ3) is 4.38. The van der Waals surface area contributed by atoms with Crippen molar-refractivity contribution in [2.75, 3.05) is 0 Å². The number of carbonyl (C=O) groups excluding carboxylic acids is 1. The normalized spacial score (nSPS) is 10.7. The molecule has 24 heavy (non-hydrogen) atoms. The molecule has 0 aliphatic rings. The number of benzene rings is 2. The second kappa shape index (κ2) is 8.20. The van der Waals surface area contributed by atoms with Gasteiger partial charge in [-0.25, -0.2) is 0 Å². The molecule has 1 heterocycles. The Morgan fingerprint density at radius 3 is 2.38 bits per heavy atom. The Labute approximate surface area is 141 Å². The van der Waals surface area contributed by atoms with Gasteiger partial charge in [-0.15, -0.1) is 0 Å². The maximum absolute atomic E-state index is 10.7. The number of carbonyl (C=O) groups is 1. The lowest BCUT2D eigenvalue weighted by atomic mass is 10.1. The monoisotopic (exact) mass is 320 g/mol. The van der Waals surface area contributed by atoms with Gasteiger partial charge in [-0.2, -0.15) is 4.98 Å². The highest BCUT2D eigenvalue weighted by atomic mass is 16.5. The summed E-state index contributed by atoms with van der Waals surface area (Å²) >= 11 is 0. The van der Waals surface area contributed by atoms with Crippen molar-refractivity contribution in [1.29, 1.82) is 0 Å². The molecule has 2 aromatic carbocycles. The highest BCUT2D eigenvalue weighted by Gasteiger charge is 2.08. The van der Waals surface area contributed by atoms with Crippen molar-refractivity contribution in [2.45, 2.75) is 32.1 Å². The largest absolute Gasteiger partial charge is 0.339 e. The summed E-state index contributed by atoms with van der Waals surface area (Å²) in [7, 11) is 0. The van der Waals surface area contributed by atoms with Gasteiger partial charge in [0, 0.05) is 17.5 Å². The molecule has 0 saturated carbocycles. The molecule has 122 valence electrons. The predicted molar refractivity (Wildman–Crippen MR) is 92.8 cm³/mol. The zero-order valence-electron chi connectivity index (χ0n) is 13.5. The summed E-state index contributed by atoms with van der Waals surface area (Å²) in [6, 6.07) is 17.7. The van der Waals surface area contributed by atoms with Crippen molar-refractivity contribution in [1.82, 2.24) is 10.1 Å². The van der Waals surface area contributed by atoms with Crippen molar-refractivity contribution in [3.63, 3.8) is 0 Å². The van der Waals surface area contributed by atoms with Gasteiger partial charge < -0.3 is 4.52 Å². The van der Waals surface area contributed by atoms with Crippen molar-refractivity contribution < 1.29 is 9.32 Å². The van der Waals surface area contributed by atoms with Gasteiger partial charge in [0.25, 0.3) is 0 Å². The quantitative estimate of drug-likeness (QED) is 0.453. The Balaban J connectivity index is 1.45. The molecule has 3 aromatic rings. The maximum Gasteiger partial charge on any atom is 0.226 e. The summed E-state index contributed by atoms with van der Waals surface area (Å²) in [4.78, 5) is 15.1. The third-order valence-electron chi connectivity index (χ3n) is 3.97. The minimum Gasteiger partial charge on any atom is -0.339 e. The predicted octanol–water partition coefficient (Wildman–Crippen LogP) is 4.50. The standard InChI is InChI=1S/C20H20N2O2/c23-15-17-11-13-18(14-12-17)20-21-19(24-22-20)10-6-2-5-9-16-7-3-1-4-8-16/h1,3-4,7-8,11-15H,2,5-6,9-10H2. The number of hydrogen-bond donors (Lipinski definition) is 0. The lowest BCUT2D eigenvalue weighted by Crippen LogP contribution is -1.89. The zero-order valence-corrected chi connectivity index (χ0v) is 13.5. The van der Waals surface area contributed by atoms with Crippen LogP contribution in [0.2, 0.25) is 0 Å². The van der Waals surface area contributed by atoms with Crippen LogP contribution >= 0.6 is 0 Å². The molecule has 0 saturated heterocycles. The number of unbranched alkanes of at least 4 members (excludes halogenated alkanes) is 2. The van der Waals surface area contributed by atoms with E-state index < -0.39 is 0 Å². The average Bonchev–Trinajstić information content (AvgIpc) is 3.11. The number of aldehydes is 1. The van der Waals surface area contributed by atoms with Crippen LogP contribution in [0.25, 0.3) is 11.4 Å². The minimum absolute atomic E-state index is 0.576. The van der Waals surface area contributed by atoms with E-state index in [1.165, 1.54) is 5.56 Å². The fourth-order valence-corrected chi connectivity index (χ4v) is 2.61. The Hall–Kier alpha value is -2.75. The van der Waals surface area contributed by atoms with Gasteiger partial charge in [-0.3, -0.25) is 4.79 Å². The summed E-state index contributed by atoms with van der Waals surface area (Å²) in [6.07, 6.45) is 6.07. The Kier molecular flexibility index (Phi) is 5.51. The summed E-state index contributed by atoms with van der Waals surface area (Å²) in [5, 5.41) is 4.01. The molecule has 3 rings (SSSR count). The number of aromatic nitrogens is 2. The Morgan fingerprint density at radius 1 is 0.875 bits per heavy atom. The fraction of sp³-hybridized carbons (Fsp3) is 0.250. The molecule has 0 bridgehead atoms. The van der Waals surface area contributed by atoms with Crippen LogP contribution in [0.5, 0.6) is 0 Å². The van der Waals surface area contributed by atoms with Gasteiger partial charge in [-0.05, 0) is 24.8 Å². The van der Waals surface area contributed by atoms with E-state index in [0.29, 0.717) is 17.3 Å². The van der Waals surface area contributed by atoms with Gasteiger partial charge in [0.1, 0.15) is 6.29 Å². The second-order valence-electron chi connectivity index (χ2n) is 5.80. The number of aryl methyl sites for hydroxylation is 2. The Bertz CT molecular complexity index is 764. The smallest absolute Gasteiger partial charge is 0.226 e. The molecule has 0 spiro atoms. The first kappa shape index (κ1) is 16.1. The molecule has 0 radical (unpaired) electrons. The van der Waals surface area contributed by atoms with Crippen LogP contribution in [0.3, 0.4) is 0 Å². The maximum atomic E-state index is 10.7. The lowest BCUT2D eigenvalue weighted by Gasteiger charge is -2.00. The second-order valence-corrected chi connectivity index (χ2v) is 5.80. The molecule has 0 N–H and O–H groups in total. The molecule has 1 aromatic heterocycles. The van der Waals surface area contributed by atoms with Crippen LogP contribution < -0.4 is 0 Å². The summed E-state index contributed by atoms with van der Waals surface area (Å²) in [5.74, 6) is 1.25. The highest BCUT2D eigenvalue weighted by Crippen LogP contribution is 2.17. The molecular formula is C20H20N2O2. The van der Waals surface area contributed by atoms with Crippen LogP contribution in [-0.4, -0.2) is 16.4 Å². The van der Waals surface area contributed by atoms with E-state index >= 15 is 0 Å². The van der Waals surface area contributed by atoms with Gasteiger partial charge in [0.05, 0.1) is 0 Å². The topological polar surface area (TPSA) is 56.0 Å². The van der Waals surface area contributed by atoms with E-state index in [0.717, 1.165) is 44.0 Å². The summed E-state index contributed by atoms with van der Waals surface area (Å²) < 4.78 is 5.31. The van der Waals surface area contributed by atoms with E-state index in [-0.39, 0.29) is 0 Å². The van der Waals surface area contributed by atoms with E-state index in [1.54, 1.807) is 12.1 Å². The number of rotatable bonds is 8. The molecule has 0 atom stereocenters. The molecule has 0 fully saturated rings. The van der Waals surface area contributed by atoms with Crippen LogP contribution in [-0.2, 0) is 12.8 Å². The van der Waals surface area contributed by atoms with E-state index in [1.807, 2.05) is 18.2 Å². The molecule has 0 aliphatic carbocycles. The highest BCUT2D eigenvalue weighted by molar-refractivity contribution is 5.76. The molecule has 4 nitrogen and oxygen atoms in total. The van der Waals surface area contributed by atoms with Crippen molar-refractivity contribution in [3.8, 4) is 11.4 Å². The third-order valence-corrected chi connectivity index (χ3v) is 3.97. The van der Waals surface area contributed by atoms with Crippen LogP contribution in [0, 0.1) is 0 Å².